The summed E-state index contributed by atoms with van der Waals surface area (Å²) < 4.78 is 9.69. The summed E-state index contributed by atoms with van der Waals surface area (Å²) in [6.07, 6.45) is 7.86. The van der Waals surface area contributed by atoms with Crippen molar-refractivity contribution in [1.29, 1.82) is 0 Å². The second-order valence-corrected chi connectivity index (χ2v) is 20.1. The van der Waals surface area contributed by atoms with E-state index in [1.807, 2.05) is 43.7 Å². The van der Waals surface area contributed by atoms with Crippen molar-refractivity contribution in [3.8, 4) is 33.5 Å². The number of carbonyl (C=O) groups is 4. The molecule has 11 rings (SSSR count). The van der Waals surface area contributed by atoms with Gasteiger partial charge < -0.3 is 39.9 Å². The van der Waals surface area contributed by atoms with Crippen molar-refractivity contribution in [2.75, 3.05) is 14.2 Å². The van der Waals surface area contributed by atoms with E-state index in [-0.39, 0.29) is 47.8 Å². The van der Waals surface area contributed by atoms with Crippen LogP contribution in [0.15, 0.2) is 60.8 Å². The molecule has 5 aromatic rings. The Labute approximate surface area is 378 Å². The Morgan fingerprint density at radius 1 is 0.677 bits per heavy atom. The summed E-state index contributed by atoms with van der Waals surface area (Å²) in [5.41, 5.74) is 11.6. The van der Waals surface area contributed by atoms with Gasteiger partial charge in [-0.2, -0.15) is 0 Å². The predicted molar refractivity (Wildman–Crippen MR) is 244 cm³/mol. The van der Waals surface area contributed by atoms with Gasteiger partial charge in [0.2, 0.25) is 11.8 Å². The number of carbonyl (C=O) groups excluding carboxylic acids is 4. The quantitative estimate of drug-likeness (QED) is 0.102. The van der Waals surface area contributed by atoms with Gasteiger partial charge in [-0.3, -0.25) is 9.59 Å². The highest BCUT2D eigenvalue weighted by molar-refractivity contribution is 5.89. The first-order valence-electron chi connectivity index (χ1n) is 23.6. The number of hydrogen-bond donors (Lipinski definition) is 4. The number of likely N-dealkylation sites (tertiary alicyclic amines) is 2. The zero-order chi connectivity index (χ0) is 45.0. The molecule has 65 heavy (non-hydrogen) atoms. The highest BCUT2D eigenvalue weighted by atomic mass is 16.5. The number of hydrogen-bond acceptors (Lipinski definition) is 8. The molecule has 0 spiro atoms. The molecule has 4 aliphatic carbocycles. The molecule has 3 saturated carbocycles. The first-order valence-corrected chi connectivity index (χ1v) is 23.6. The molecule has 14 nitrogen and oxygen atoms in total. The van der Waals surface area contributed by atoms with Crippen molar-refractivity contribution < 1.29 is 28.7 Å². The summed E-state index contributed by atoms with van der Waals surface area (Å²) >= 11 is 0. The first kappa shape index (κ1) is 41.5. The number of fused-ring (bicyclic) bond motifs is 6. The molecule has 338 valence electrons. The van der Waals surface area contributed by atoms with Crippen LogP contribution in [0, 0.1) is 29.6 Å². The molecule has 2 aromatic heterocycles. The largest absolute Gasteiger partial charge is 0.453 e. The number of piperidine rings is 2. The highest BCUT2D eigenvalue weighted by Gasteiger charge is 2.57. The number of aromatic nitrogens is 4. The Balaban J connectivity index is 0.838. The van der Waals surface area contributed by atoms with Crippen molar-refractivity contribution >= 4 is 35.0 Å². The van der Waals surface area contributed by atoms with Crippen LogP contribution in [0.3, 0.4) is 0 Å². The Morgan fingerprint density at radius 2 is 1.26 bits per heavy atom. The lowest BCUT2D eigenvalue weighted by Gasteiger charge is -2.32. The van der Waals surface area contributed by atoms with Crippen LogP contribution in [-0.4, -0.2) is 92.1 Å². The number of H-pyrrole nitrogens is 2. The minimum Gasteiger partial charge on any atom is -0.453 e. The van der Waals surface area contributed by atoms with Gasteiger partial charge in [0, 0.05) is 12.1 Å². The van der Waals surface area contributed by atoms with Crippen LogP contribution in [-0.2, 0) is 25.5 Å². The SMILES string of the molecule is COC(=O)NC(C(=O)N1C2CC2C[C@H]1c1nc2ccc(-c3ccc(-c4ccc(-c5cnc([C@@H]6CC7CC7N6C(=O)[C@@H](NC(=O)OC)C(C)C)[nH]5)cc4)c4c3CC3CCC43)cc2[nH]1)C(C)C. The molecule has 4 heterocycles. The van der Waals surface area contributed by atoms with Crippen LogP contribution in [0.5, 0.6) is 0 Å². The molecule has 4 N–H and O–H groups in total. The van der Waals surface area contributed by atoms with Crippen LogP contribution in [0.25, 0.3) is 44.5 Å². The van der Waals surface area contributed by atoms with Crippen molar-refractivity contribution in [3.05, 3.63) is 83.6 Å². The van der Waals surface area contributed by atoms with Crippen LogP contribution in [0.2, 0.25) is 0 Å². The number of imidazole rings is 2. The summed E-state index contributed by atoms with van der Waals surface area (Å²) in [6, 6.07) is 18.5. The second kappa shape index (κ2) is 15.8. The Kier molecular flexibility index (Phi) is 10.1. The maximum absolute atomic E-state index is 14.0. The lowest BCUT2D eigenvalue weighted by molar-refractivity contribution is -0.137. The third-order valence-corrected chi connectivity index (χ3v) is 15.7. The Hall–Kier alpha value is -6.18. The van der Waals surface area contributed by atoms with E-state index in [1.54, 1.807) is 0 Å². The van der Waals surface area contributed by atoms with Crippen LogP contribution < -0.4 is 10.6 Å². The van der Waals surface area contributed by atoms with Crippen LogP contribution >= 0.6 is 0 Å². The molecule has 0 radical (unpaired) electrons. The van der Waals surface area contributed by atoms with E-state index in [0.717, 1.165) is 71.6 Å². The minimum absolute atomic E-state index is 0.0816. The summed E-state index contributed by atoms with van der Waals surface area (Å²) in [6.45, 7) is 7.75. The minimum atomic E-state index is -0.676. The van der Waals surface area contributed by atoms with E-state index in [2.05, 4.69) is 75.2 Å². The fourth-order valence-corrected chi connectivity index (χ4v) is 11.9. The number of amides is 4. The molecular weight excluding hydrogens is 821 g/mol. The van der Waals surface area contributed by atoms with Gasteiger partial charge in [-0.05, 0) is 132 Å². The van der Waals surface area contributed by atoms with E-state index < -0.39 is 24.3 Å². The summed E-state index contributed by atoms with van der Waals surface area (Å²) in [5.74, 6) is 3.33. The van der Waals surface area contributed by atoms with E-state index >= 15 is 0 Å². The molecule has 0 bridgehead atoms. The maximum Gasteiger partial charge on any atom is 0.407 e. The van der Waals surface area contributed by atoms with Gasteiger partial charge in [-0.25, -0.2) is 19.6 Å². The van der Waals surface area contributed by atoms with Gasteiger partial charge in [-0.15, -0.1) is 0 Å². The number of nitrogens with one attached hydrogen (secondary N) is 4. The zero-order valence-electron chi connectivity index (χ0n) is 37.9. The van der Waals surface area contributed by atoms with Crippen LogP contribution in [0.4, 0.5) is 9.59 Å². The van der Waals surface area contributed by atoms with Gasteiger partial charge >= 0.3 is 12.2 Å². The number of rotatable bonds is 11. The number of ether oxygens (including phenoxy) is 2. The lowest BCUT2D eigenvalue weighted by atomic mass is 9.73. The molecule has 4 amide bonds. The van der Waals surface area contributed by atoms with Gasteiger partial charge in [-0.1, -0.05) is 70.2 Å². The lowest BCUT2D eigenvalue weighted by Crippen LogP contribution is -2.52. The van der Waals surface area contributed by atoms with E-state index in [1.165, 1.54) is 54.9 Å². The van der Waals surface area contributed by atoms with E-state index in [9.17, 15) is 19.2 Å². The van der Waals surface area contributed by atoms with Crippen LogP contribution in [0.1, 0.15) is 107 Å². The summed E-state index contributed by atoms with van der Waals surface area (Å²) in [4.78, 5) is 73.3. The maximum atomic E-state index is 14.0. The summed E-state index contributed by atoms with van der Waals surface area (Å²) in [7, 11) is 2.63. The third-order valence-electron chi connectivity index (χ3n) is 15.7. The molecule has 3 aromatic carbocycles. The zero-order valence-corrected chi connectivity index (χ0v) is 37.9. The molecular formula is C51H58N8O6. The smallest absolute Gasteiger partial charge is 0.407 e. The van der Waals surface area contributed by atoms with Gasteiger partial charge in [0.05, 0.1) is 49.2 Å². The highest BCUT2D eigenvalue weighted by Crippen LogP contribution is 2.57. The van der Waals surface area contributed by atoms with Crippen molar-refractivity contribution in [3.63, 3.8) is 0 Å². The number of alkyl carbamates (subject to hydrolysis) is 2. The van der Waals surface area contributed by atoms with Crippen molar-refractivity contribution in [2.45, 2.75) is 115 Å². The number of methoxy groups -OCH3 is 2. The standard InChI is InChI=1S/C51H58N8O6/c1-24(2)44(56-50(62)64-5)48(60)58-39-19-30(39)21-41(58)46-52-23-38(55-46)27-9-7-26(8-10-27)33-15-14-32(35-17-28-11-13-34(28)43(33)35)29-12-16-36-37(18-29)54-47(53-36)42-22-31-20-40(31)59(42)49(61)45(25(3)4)57-51(63)65-6/h7-10,12,14-16,18,23-25,28,30-31,34,39-42,44-45H,11,13,17,19-22H2,1-6H3,(H,52,55)(H,53,54)(H,56,62)(H,57,63)/t28?,30?,31?,34?,39?,40?,41-,42-,44-,45?/m0/s1. The first-order chi connectivity index (χ1) is 31.4. The Bertz CT molecular complexity index is 2720. The number of benzene rings is 3. The average Bonchev–Trinajstić information content (AvgIpc) is 3.83. The fraction of sp³-hybridized carbons (Fsp3) is 0.490. The topological polar surface area (TPSA) is 175 Å². The van der Waals surface area contributed by atoms with Crippen molar-refractivity contribution in [1.82, 2.24) is 40.4 Å². The van der Waals surface area contributed by atoms with Gasteiger partial charge in [0.25, 0.3) is 0 Å². The van der Waals surface area contributed by atoms with E-state index in [0.29, 0.717) is 23.7 Å². The molecule has 6 aliphatic rings. The molecule has 5 fully saturated rings. The molecule has 2 aliphatic heterocycles. The third kappa shape index (κ3) is 7.05. The summed E-state index contributed by atoms with van der Waals surface area (Å²) in [5, 5.41) is 5.54. The predicted octanol–water partition coefficient (Wildman–Crippen LogP) is 8.42. The monoisotopic (exact) mass is 878 g/mol. The average molecular weight is 879 g/mol. The Morgan fingerprint density at radius 3 is 1.85 bits per heavy atom. The number of aromatic amines is 2. The molecule has 10 atom stereocenters. The molecule has 14 heteroatoms. The fourth-order valence-electron chi connectivity index (χ4n) is 11.9. The number of nitrogens with zero attached hydrogens (tertiary/aromatic N) is 4. The molecule has 2 saturated heterocycles. The van der Waals surface area contributed by atoms with Crippen molar-refractivity contribution in [2.24, 2.45) is 29.6 Å². The molecule has 7 unspecified atom stereocenters. The van der Waals surface area contributed by atoms with E-state index in [4.69, 9.17) is 19.4 Å². The second-order valence-electron chi connectivity index (χ2n) is 20.1. The normalized spacial score (nSPS) is 26.5. The van der Waals surface area contributed by atoms with Gasteiger partial charge in [0.15, 0.2) is 0 Å². The van der Waals surface area contributed by atoms with Gasteiger partial charge in [0.1, 0.15) is 23.7 Å².